The van der Waals surface area contributed by atoms with Crippen LogP contribution >= 0.6 is 0 Å². The maximum absolute atomic E-state index is 11.4. The third kappa shape index (κ3) is 16.4. The summed E-state index contributed by atoms with van der Waals surface area (Å²) in [6, 6.07) is 0. The number of hydrogen-bond donors (Lipinski definition) is 0. The van der Waals surface area contributed by atoms with Crippen LogP contribution in [0.2, 0.25) is 0 Å². The molecule has 29 heavy (non-hydrogen) atoms. The van der Waals surface area contributed by atoms with E-state index in [2.05, 4.69) is 0 Å². The Bertz CT molecular complexity index is 554. The first kappa shape index (κ1) is 26.7. The Labute approximate surface area is 173 Å². The third-order valence-corrected chi connectivity index (χ3v) is 3.63. The topological polar surface area (TPSA) is 96.0 Å². The lowest BCUT2D eigenvalue weighted by molar-refractivity contribution is -0.151. The average molecular weight is 411 g/mol. The predicted molar refractivity (Wildman–Crippen MR) is 109 cm³/mol. The Balaban J connectivity index is 4.15. The van der Waals surface area contributed by atoms with Gasteiger partial charge in [0.25, 0.3) is 0 Å². The van der Waals surface area contributed by atoms with Crippen molar-refractivity contribution in [1.82, 2.24) is 0 Å². The van der Waals surface area contributed by atoms with Gasteiger partial charge in [-0.15, -0.1) is 0 Å². The number of ketones is 2. The highest BCUT2D eigenvalue weighted by Gasteiger charge is 2.12. The zero-order valence-corrected chi connectivity index (χ0v) is 18.3. The molecular weight excluding hydrogens is 376 g/mol. The van der Waals surface area contributed by atoms with Crippen LogP contribution in [0.25, 0.3) is 0 Å². The molecular formula is C22H34O7. The van der Waals surface area contributed by atoms with Crippen molar-refractivity contribution < 1.29 is 33.4 Å². The van der Waals surface area contributed by atoms with Crippen molar-refractivity contribution in [3.05, 3.63) is 24.3 Å². The van der Waals surface area contributed by atoms with Crippen molar-refractivity contribution in [3.63, 3.8) is 0 Å². The monoisotopic (exact) mass is 410 g/mol. The fourth-order valence-corrected chi connectivity index (χ4v) is 2.39. The molecule has 0 saturated carbocycles. The van der Waals surface area contributed by atoms with Crippen LogP contribution in [0.15, 0.2) is 24.3 Å². The predicted octanol–water partition coefficient (Wildman–Crippen LogP) is 3.49. The molecule has 0 saturated heterocycles. The molecule has 0 aliphatic rings. The maximum atomic E-state index is 11.4. The SMILES string of the molecule is CC(=O)CC(=O)OC(C)CC=CC(C)OC(C)C=CCC(C)OC(=O)CC(C)=O. The molecule has 164 valence electrons. The zero-order valence-electron chi connectivity index (χ0n) is 18.3. The minimum Gasteiger partial charge on any atom is -0.462 e. The van der Waals surface area contributed by atoms with E-state index in [9.17, 15) is 19.2 Å². The van der Waals surface area contributed by atoms with Gasteiger partial charge >= 0.3 is 11.9 Å². The lowest BCUT2D eigenvalue weighted by atomic mass is 10.2. The normalized spacial score (nSPS) is 15.7. The molecule has 4 unspecified atom stereocenters. The molecule has 0 aromatic heterocycles. The maximum Gasteiger partial charge on any atom is 0.313 e. The number of Topliss-reactive ketones (excluding diaryl/α,β-unsaturated/α-hetero) is 2. The molecule has 0 amide bonds. The van der Waals surface area contributed by atoms with E-state index in [1.807, 2.05) is 38.2 Å². The first-order chi connectivity index (χ1) is 13.5. The van der Waals surface area contributed by atoms with E-state index in [0.717, 1.165) is 0 Å². The van der Waals surface area contributed by atoms with E-state index in [0.29, 0.717) is 12.8 Å². The van der Waals surface area contributed by atoms with Crippen LogP contribution in [0.3, 0.4) is 0 Å². The smallest absolute Gasteiger partial charge is 0.313 e. The molecule has 0 radical (unpaired) electrons. The van der Waals surface area contributed by atoms with Gasteiger partial charge < -0.3 is 14.2 Å². The van der Waals surface area contributed by atoms with Crippen LogP contribution < -0.4 is 0 Å². The lowest BCUT2D eigenvalue weighted by Crippen LogP contribution is -2.17. The molecule has 4 atom stereocenters. The highest BCUT2D eigenvalue weighted by atomic mass is 16.5. The van der Waals surface area contributed by atoms with E-state index < -0.39 is 11.9 Å². The number of carbonyl (C=O) groups excluding carboxylic acids is 4. The second-order valence-corrected chi connectivity index (χ2v) is 7.23. The molecule has 0 heterocycles. The van der Waals surface area contributed by atoms with Crippen molar-refractivity contribution in [2.75, 3.05) is 0 Å². The van der Waals surface area contributed by atoms with Gasteiger partial charge in [0.1, 0.15) is 36.6 Å². The minimum atomic E-state index is -0.511. The van der Waals surface area contributed by atoms with Crippen LogP contribution in [0.4, 0.5) is 0 Å². The number of hydrogen-bond acceptors (Lipinski definition) is 7. The van der Waals surface area contributed by atoms with Crippen molar-refractivity contribution in [2.24, 2.45) is 0 Å². The average Bonchev–Trinajstić information content (AvgIpc) is 2.52. The summed E-state index contributed by atoms with van der Waals surface area (Å²) in [4.78, 5) is 44.6. The number of ether oxygens (including phenoxy) is 3. The Hall–Kier alpha value is -2.28. The van der Waals surface area contributed by atoms with Crippen molar-refractivity contribution >= 4 is 23.5 Å². The molecule has 0 N–H and O–H groups in total. The zero-order chi connectivity index (χ0) is 22.4. The third-order valence-electron chi connectivity index (χ3n) is 3.63. The first-order valence-electron chi connectivity index (χ1n) is 9.86. The van der Waals surface area contributed by atoms with Gasteiger partial charge in [-0.2, -0.15) is 0 Å². The summed E-state index contributed by atoms with van der Waals surface area (Å²) in [6.45, 7) is 10.0. The fraction of sp³-hybridized carbons (Fsp3) is 0.636. The van der Waals surface area contributed by atoms with Gasteiger partial charge in [-0.3, -0.25) is 19.2 Å². The van der Waals surface area contributed by atoms with Gasteiger partial charge in [-0.25, -0.2) is 0 Å². The van der Waals surface area contributed by atoms with Gasteiger partial charge in [0.05, 0.1) is 12.2 Å². The molecule has 7 nitrogen and oxygen atoms in total. The van der Waals surface area contributed by atoms with Gasteiger partial charge in [-0.05, 0) is 41.5 Å². The Morgan fingerprint density at radius 2 is 1.03 bits per heavy atom. The second-order valence-electron chi connectivity index (χ2n) is 7.23. The van der Waals surface area contributed by atoms with Gasteiger partial charge in [0, 0.05) is 12.8 Å². The van der Waals surface area contributed by atoms with E-state index in [1.54, 1.807) is 13.8 Å². The Morgan fingerprint density at radius 1 is 0.690 bits per heavy atom. The molecule has 0 aromatic carbocycles. The summed E-state index contributed by atoms with van der Waals surface area (Å²) in [6.07, 6.45) is 7.28. The van der Waals surface area contributed by atoms with Crippen LogP contribution in [0.1, 0.15) is 67.2 Å². The molecule has 0 aliphatic heterocycles. The number of rotatable bonds is 14. The summed E-state index contributed by atoms with van der Waals surface area (Å²) >= 11 is 0. The van der Waals surface area contributed by atoms with Crippen LogP contribution in [0, 0.1) is 0 Å². The number of carbonyl (C=O) groups is 4. The standard InChI is InChI=1S/C22H34O7/c1-15(23)13-21(25)28-19(5)11-7-9-17(3)27-18(4)10-8-12-20(6)29-22(26)14-16(2)24/h7-10,17-20H,11-14H2,1-6H3. The molecule has 0 bridgehead atoms. The fourth-order valence-electron chi connectivity index (χ4n) is 2.39. The molecule has 0 spiro atoms. The highest BCUT2D eigenvalue weighted by Crippen LogP contribution is 2.07. The van der Waals surface area contributed by atoms with E-state index >= 15 is 0 Å². The molecule has 0 rings (SSSR count). The van der Waals surface area contributed by atoms with Gasteiger partial charge in [0.2, 0.25) is 0 Å². The molecule has 0 fully saturated rings. The van der Waals surface area contributed by atoms with Crippen LogP contribution in [-0.4, -0.2) is 47.9 Å². The second kappa shape index (κ2) is 14.7. The van der Waals surface area contributed by atoms with Crippen LogP contribution in [-0.2, 0) is 33.4 Å². The molecule has 0 aromatic rings. The summed E-state index contributed by atoms with van der Waals surface area (Å²) in [5.74, 6) is -1.46. The Morgan fingerprint density at radius 3 is 1.34 bits per heavy atom. The first-order valence-corrected chi connectivity index (χ1v) is 9.86. The summed E-state index contributed by atoms with van der Waals surface area (Å²) in [5, 5.41) is 0. The highest BCUT2D eigenvalue weighted by molar-refractivity contribution is 5.94. The lowest BCUT2D eigenvalue weighted by Gasteiger charge is -2.15. The summed E-state index contributed by atoms with van der Waals surface area (Å²) in [5.41, 5.74) is 0. The van der Waals surface area contributed by atoms with E-state index in [4.69, 9.17) is 14.2 Å². The molecule has 0 aliphatic carbocycles. The van der Waals surface area contributed by atoms with E-state index in [-0.39, 0.29) is 48.8 Å². The quantitative estimate of drug-likeness (QED) is 0.246. The minimum absolute atomic E-state index is 0.138. The van der Waals surface area contributed by atoms with Crippen molar-refractivity contribution in [2.45, 2.75) is 91.6 Å². The van der Waals surface area contributed by atoms with Gasteiger partial charge in [-0.1, -0.05) is 24.3 Å². The number of esters is 2. The molecule has 7 heteroatoms. The van der Waals surface area contributed by atoms with Crippen molar-refractivity contribution in [1.29, 1.82) is 0 Å². The van der Waals surface area contributed by atoms with Crippen molar-refractivity contribution in [3.8, 4) is 0 Å². The van der Waals surface area contributed by atoms with E-state index in [1.165, 1.54) is 13.8 Å². The van der Waals surface area contributed by atoms with Gasteiger partial charge in [0.15, 0.2) is 0 Å². The summed E-state index contributed by atoms with van der Waals surface area (Å²) < 4.78 is 16.1. The van der Waals surface area contributed by atoms with Crippen LogP contribution in [0.5, 0.6) is 0 Å². The Kier molecular flexibility index (Phi) is 13.5. The largest absolute Gasteiger partial charge is 0.462 e. The summed E-state index contributed by atoms with van der Waals surface area (Å²) in [7, 11) is 0.